The summed E-state index contributed by atoms with van der Waals surface area (Å²) in [6, 6.07) is 9.05. The Balaban J connectivity index is 2.53. The molecule has 20 heavy (non-hydrogen) atoms. The summed E-state index contributed by atoms with van der Waals surface area (Å²) in [6.45, 7) is 2.34. The van der Waals surface area contributed by atoms with Gasteiger partial charge in [0.15, 0.2) is 6.10 Å². The van der Waals surface area contributed by atoms with E-state index in [4.69, 9.17) is 9.29 Å². The molecule has 1 rings (SSSR count). The average Bonchev–Trinajstić information content (AvgIpc) is 2.40. The highest BCUT2D eigenvalue weighted by Gasteiger charge is 2.20. The first-order chi connectivity index (χ1) is 9.44. The molecule has 1 aromatic rings. The highest BCUT2D eigenvalue weighted by Crippen LogP contribution is 2.17. The van der Waals surface area contributed by atoms with Crippen molar-refractivity contribution in [3.8, 4) is 0 Å². The van der Waals surface area contributed by atoms with E-state index in [2.05, 4.69) is 5.32 Å². The summed E-state index contributed by atoms with van der Waals surface area (Å²) in [5.74, 6) is -0.703. The largest absolute Gasteiger partial charge is 0.364 e. The lowest BCUT2D eigenvalue weighted by molar-refractivity contribution is -0.133. The Labute approximate surface area is 118 Å². The highest BCUT2D eigenvalue weighted by atomic mass is 32.2. The van der Waals surface area contributed by atoms with E-state index in [9.17, 15) is 13.2 Å². The van der Waals surface area contributed by atoms with Gasteiger partial charge in [0.25, 0.3) is 16.0 Å². The molecule has 1 aromatic carbocycles. The summed E-state index contributed by atoms with van der Waals surface area (Å²) < 4.78 is 35.1. The van der Waals surface area contributed by atoms with Crippen LogP contribution in [0.3, 0.4) is 0 Å². The van der Waals surface area contributed by atoms with Crippen LogP contribution in [0.4, 0.5) is 0 Å². The van der Waals surface area contributed by atoms with E-state index in [1.807, 2.05) is 18.2 Å². The summed E-state index contributed by atoms with van der Waals surface area (Å²) in [7, 11) is -3.99. The minimum atomic E-state index is -3.99. The van der Waals surface area contributed by atoms with Crippen molar-refractivity contribution in [1.82, 2.24) is 5.32 Å². The third-order valence-electron chi connectivity index (χ3n) is 2.55. The van der Waals surface area contributed by atoms with E-state index in [-0.39, 0.29) is 24.6 Å². The van der Waals surface area contributed by atoms with Crippen LogP contribution in [0.15, 0.2) is 30.3 Å². The van der Waals surface area contributed by atoms with Gasteiger partial charge in [-0.15, -0.1) is 0 Å². The average molecular weight is 301 g/mol. The molecule has 1 amide bonds. The molecule has 1 atom stereocenters. The molecular weight excluding hydrogens is 282 g/mol. The fraction of sp³-hybridized carbons (Fsp3) is 0.462. The van der Waals surface area contributed by atoms with E-state index in [0.29, 0.717) is 6.61 Å². The Kier molecular flexibility index (Phi) is 6.63. The molecule has 0 fully saturated rings. The number of carbonyl (C=O) groups excluding carboxylic acids is 1. The monoisotopic (exact) mass is 301 g/mol. The van der Waals surface area contributed by atoms with E-state index in [1.54, 1.807) is 19.1 Å². The minimum absolute atomic E-state index is 0.151. The molecule has 6 nitrogen and oxygen atoms in total. The van der Waals surface area contributed by atoms with Crippen molar-refractivity contribution in [2.24, 2.45) is 0 Å². The number of nitrogens with one attached hydrogen (secondary N) is 1. The summed E-state index contributed by atoms with van der Waals surface area (Å²) in [6.07, 6.45) is -0.565. The third kappa shape index (κ3) is 6.14. The van der Waals surface area contributed by atoms with Gasteiger partial charge in [-0.05, 0) is 18.9 Å². The lowest BCUT2D eigenvalue weighted by atomic mass is 10.1. The van der Waals surface area contributed by atoms with Gasteiger partial charge in [-0.1, -0.05) is 30.3 Å². The SMILES string of the molecule is CCOC(C(=O)NCCCS(=O)(=O)O)c1ccccc1. The Morgan fingerprint density at radius 2 is 2.00 bits per heavy atom. The number of amides is 1. The first-order valence-electron chi connectivity index (χ1n) is 6.33. The molecule has 0 saturated heterocycles. The van der Waals surface area contributed by atoms with Crippen molar-refractivity contribution in [3.63, 3.8) is 0 Å². The molecule has 112 valence electrons. The van der Waals surface area contributed by atoms with Crippen LogP contribution in [0.5, 0.6) is 0 Å². The maximum Gasteiger partial charge on any atom is 0.264 e. The van der Waals surface area contributed by atoms with Crippen LogP contribution in [0.2, 0.25) is 0 Å². The summed E-state index contributed by atoms with van der Waals surface area (Å²) >= 11 is 0. The number of carbonyl (C=O) groups is 1. The van der Waals surface area contributed by atoms with Crippen LogP contribution in [-0.2, 0) is 19.6 Å². The van der Waals surface area contributed by atoms with Crippen molar-refractivity contribution in [2.75, 3.05) is 18.9 Å². The van der Waals surface area contributed by atoms with Gasteiger partial charge in [0.1, 0.15) is 0 Å². The number of hydrogen-bond donors (Lipinski definition) is 2. The molecular formula is C13H19NO5S. The van der Waals surface area contributed by atoms with Gasteiger partial charge >= 0.3 is 0 Å². The minimum Gasteiger partial charge on any atom is -0.364 e. The Morgan fingerprint density at radius 3 is 2.55 bits per heavy atom. The molecule has 0 aromatic heterocycles. The Bertz CT molecular complexity index is 515. The number of hydrogen-bond acceptors (Lipinski definition) is 4. The third-order valence-corrected chi connectivity index (χ3v) is 3.36. The summed E-state index contributed by atoms with van der Waals surface area (Å²) in [5.41, 5.74) is 0.738. The predicted octanol–water partition coefficient (Wildman–Crippen LogP) is 1.16. The molecule has 0 aliphatic heterocycles. The van der Waals surface area contributed by atoms with Crippen molar-refractivity contribution >= 4 is 16.0 Å². The lowest BCUT2D eigenvalue weighted by Crippen LogP contribution is -2.32. The molecule has 0 bridgehead atoms. The topological polar surface area (TPSA) is 92.7 Å². The zero-order valence-corrected chi connectivity index (χ0v) is 12.1. The van der Waals surface area contributed by atoms with Crippen LogP contribution in [0.1, 0.15) is 25.0 Å². The van der Waals surface area contributed by atoms with E-state index >= 15 is 0 Å². The van der Waals surface area contributed by atoms with Gasteiger partial charge in [0.2, 0.25) is 0 Å². The van der Waals surface area contributed by atoms with Crippen LogP contribution in [-0.4, -0.2) is 37.8 Å². The van der Waals surface area contributed by atoms with Gasteiger partial charge in [-0.3, -0.25) is 9.35 Å². The second-order valence-electron chi connectivity index (χ2n) is 4.18. The number of rotatable bonds is 8. The van der Waals surface area contributed by atoms with Gasteiger partial charge in [0.05, 0.1) is 5.75 Å². The Hall–Kier alpha value is -1.44. The molecule has 0 aliphatic rings. The van der Waals surface area contributed by atoms with Crippen LogP contribution >= 0.6 is 0 Å². The van der Waals surface area contributed by atoms with Crippen LogP contribution in [0.25, 0.3) is 0 Å². The maximum absolute atomic E-state index is 12.0. The normalized spacial score (nSPS) is 12.9. The quantitative estimate of drug-likeness (QED) is 0.555. The number of benzene rings is 1. The standard InChI is InChI=1S/C13H19NO5S/c1-2-19-12(11-7-4-3-5-8-11)13(15)14-9-6-10-20(16,17)18/h3-5,7-8,12H,2,6,9-10H2,1H3,(H,14,15)(H,16,17,18). The van der Waals surface area contributed by atoms with Crippen LogP contribution < -0.4 is 5.32 Å². The molecule has 0 saturated carbocycles. The fourth-order valence-corrected chi connectivity index (χ4v) is 2.19. The molecule has 1 unspecified atom stereocenters. The van der Waals surface area contributed by atoms with Gasteiger partial charge in [-0.25, -0.2) is 0 Å². The van der Waals surface area contributed by atoms with Crippen molar-refractivity contribution in [2.45, 2.75) is 19.4 Å². The van der Waals surface area contributed by atoms with E-state index in [1.165, 1.54) is 0 Å². The van der Waals surface area contributed by atoms with Crippen LogP contribution in [0, 0.1) is 0 Å². The first-order valence-corrected chi connectivity index (χ1v) is 7.94. The molecule has 0 radical (unpaired) electrons. The number of ether oxygens (including phenoxy) is 1. The zero-order valence-electron chi connectivity index (χ0n) is 11.3. The highest BCUT2D eigenvalue weighted by molar-refractivity contribution is 7.85. The first kappa shape index (κ1) is 16.6. The van der Waals surface area contributed by atoms with E-state index < -0.39 is 16.2 Å². The molecule has 0 aliphatic carbocycles. The second-order valence-corrected chi connectivity index (χ2v) is 5.75. The van der Waals surface area contributed by atoms with Crippen molar-refractivity contribution < 1.29 is 22.5 Å². The molecule has 0 heterocycles. The Morgan fingerprint density at radius 1 is 1.35 bits per heavy atom. The maximum atomic E-state index is 12.0. The zero-order chi connectivity index (χ0) is 15.0. The second kappa shape index (κ2) is 7.98. The van der Waals surface area contributed by atoms with Gasteiger partial charge in [0, 0.05) is 13.2 Å². The molecule has 0 spiro atoms. The molecule has 2 N–H and O–H groups in total. The van der Waals surface area contributed by atoms with Gasteiger partial charge in [-0.2, -0.15) is 8.42 Å². The lowest BCUT2D eigenvalue weighted by Gasteiger charge is -2.17. The molecule has 7 heteroatoms. The predicted molar refractivity (Wildman–Crippen MR) is 74.9 cm³/mol. The smallest absolute Gasteiger partial charge is 0.264 e. The van der Waals surface area contributed by atoms with Crippen molar-refractivity contribution in [1.29, 1.82) is 0 Å². The van der Waals surface area contributed by atoms with Gasteiger partial charge < -0.3 is 10.1 Å². The summed E-state index contributed by atoms with van der Waals surface area (Å²) in [4.78, 5) is 12.0. The summed E-state index contributed by atoms with van der Waals surface area (Å²) in [5, 5.41) is 2.60. The van der Waals surface area contributed by atoms with Crippen molar-refractivity contribution in [3.05, 3.63) is 35.9 Å². The fourth-order valence-electron chi connectivity index (χ4n) is 1.68. The van der Waals surface area contributed by atoms with E-state index in [0.717, 1.165) is 5.56 Å².